The summed E-state index contributed by atoms with van der Waals surface area (Å²) in [7, 11) is 0. The Morgan fingerprint density at radius 2 is 1.12 bits per heavy atom. The highest BCUT2D eigenvalue weighted by molar-refractivity contribution is 5.87. The predicted octanol–water partition coefficient (Wildman–Crippen LogP) is 4.20. The van der Waals surface area contributed by atoms with Crippen molar-refractivity contribution in [3.63, 3.8) is 0 Å². The number of hydrogen-bond acceptors (Lipinski definition) is 2. The summed E-state index contributed by atoms with van der Waals surface area (Å²) in [6.45, 7) is 11.0. The van der Waals surface area contributed by atoms with Crippen molar-refractivity contribution in [1.29, 1.82) is 0 Å². The molecule has 2 aliphatic heterocycles. The second kappa shape index (κ2) is 8.43. The van der Waals surface area contributed by atoms with Gasteiger partial charge in [0.15, 0.2) is 0 Å². The second-order valence-electron chi connectivity index (χ2n) is 5.26. The topological polar surface area (TPSA) is 24.7 Å². The quantitative estimate of drug-likeness (QED) is 0.643. The Morgan fingerprint density at radius 1 is 0.765 bits per heavy atom. The van der Waals surface area contributed by atoms with E-state index in [-0.39, 0.29) is 7.43 Å². The molecule has 2 heteroatoms. The van der Waals surface area contributed by atoms with Crippen LogP contribution in [-0.2, 0) is 0 Å². The first-order chi connectivity index (χ1) is 7.61. The second-order valence-corrected chi connectivity index (χ2v) is 5.26. The molecule has 17 heavy (non-hydrogen) atoms. The minimum atomic E-state index is 0. The third kappa shape index (κ3) is 5.99. The molecule has 100 valence electrons. The van der Waals surface area contributed by atoms with E-state index in [2.05, 4.69) is 37.7 Å². The van der Waals surface area contributed by atoms with Crippen LogP contribution in [0.2, 0.25) is 0 Å². The van der Waals surface area contributed by atoms with E-state index in [9.17, 15) is 0 Å². The largest absolute Gasteiger partial charge is 0.358 e. The number of hydrogen-bond donors (Lipinski definition) is 0. The van der Waals surface area contributed by atoms with Crippen molar-refractivity contribution in [2.24, 2.45) is 21.8 Å². The van der Waals surface area contributed by atoms with Crippen molar-refractivity contribution in [2.45, 2.75) is 53.4 Å². The molecule has 0 aromatic carbocycles. The lowest BCUT2D eigenvalue weighted by atomic mass is 10.1. The molecule has 2 nitrogen and oxygen atoms in total. The van der Waals surface area contributed by atoms with E-state index in [1.165, 1.54) is 37.1 Å². The van der Waals surface area contributed by atoms with Crippen molar-refractivity contribution < 1.29 is 0 Å². The standard InChI is InChI=1S/2C7H13N.CH3/c2*1-6(2)7-4-3-5-8-7;/h2*6H,3-5H2,1-2H3;1H3/q;;-1. The van der Waals surface area contributed by atoms with Crippen LogP contribution in [0.4, 0.5) is 0 Å². The fraction of sp³-hybridized carbons (Fsp3) is 0.800. The van der Waals surface area contributed by atoms with Gasteiger partial charge >= 0.3 is 0 Å². The third-order valence-corrected chi connectivity index (χ3v) is 3.14. The van der Waals surface area contributed by atoms with E-state index in [0.29, 0.717) is 11.8 Å². The Kier molecular flexibility index (Phi) is 8.11. The van der Waals surface area contributed by atoms with Gasteiger partial charge in [-0.1, -0.05) is 27.7 Å². The average molecular weight is 237 g/mol. The van der Waals surface area contributed by atoms with Crippen LogP contribution in [0.25, 0.3) is 0 Å². The monoisotopic (exact) mass is 237 g/mol. The first-order valence-corrected chi connectivity index (χ1v) is 6.67. The number of aliphatic imine (C=N–C) groups is 2. The predicted molar refractivity (Wildman–Crippen MR) is 79.2 cm³/mol. The normalized spacial score (nSPS) is 18.5. The first-order valence-electron chi connectivity index (χ1n) is 6.67. The molecule has 0 spiro atoms. The molecule has 0 amide bonds. The van der Waals surface area contributed by atoms with Crippen molar-refractivity contribution in [1.82, 2.24) is 0 Å². The zero-order valence-corrected chi connectivity index (χ0v) is 12.3. The third-order valence-electron chi connectivity index (χ3n) is 3.14. The van der Waals surface area contributed by atoms with E-state index in [4.69, 9.17) is 0 Å². The van der Waals surface area contributed by atoms with Crippen LogP contribution >= 0.6 is 0 Å². The van der Waals surface area contributed by atoms with Gasteiger partial charge in [-0.3, -0.25) is 9.98 Å². The smallest absolute Gasteiger partial charge is 0.0392 e. The van der Waals surface area contributed by atoms with Gasteiger partial charge in [0, 0.05) is 24.5 Å². The molecule has 0 radical (unpaired) electrons. The van der Waals surface area contributed by atoms with E-state index in [1.807, 2.05) is 0 Å². The lowest BCUT2D eigenvalue weighted by Gasteiger charge is -2.00. The highest BCUT2D eigenvalue weighted by atomic mass is 14.8. The summed E-state index contributed by atoms with van der Waals surface area (Å²) in [6.07, 6.45) is 5.07. The molecule has 0 unspecified atom stereocenters. The molecule has 0 saturated heterocycles. The summed E-state index contributed by atoms with van der Waals surface area (Å²) in [4.78, 5) is 8.70. The maximum absolute atomic E-state index is 4.35. The van der Waals surface area contributed by atoms with E-state index in [0.717, 1.165) is 13.1 Å². The summed E-state index contributed by atoms with van der Waals surface area (Å²) in [6, 6.07) is 0. The Balaban J connectivity index is 0.000000284. The van der Waals surface area contributed by atoms with Crippen molar-refractivity contribution in [2.75, 3.05) is 13.1 Å². The molecule has 2 rings (SSSR count). The average Bonchev–Trinajstić information content (AvgIpc) is 2.93. The van der Waals surface area contributed by atoms with Crippen LogP contribution in [-0.4, -0.2) is 24.5 Å². The lowest BCUT2D eigenvalue weighted by molar-refractivity contribution is 0.860. The maximum Gasteiger partial charge on any atom is 0.0392 e. The molecule has 0 aromatic heterocycles. The van der Waals surface area contributed by atoms with Crippen LogP contribution in [0.5, 0.6) is 0 Å². The van der Waals surface area contributed by atoms with Crippen molar-refractivity contribution >= 4 is 11.4 Å². The van der Waals surface area contributed by atoms with Crippen LogP contribution in [0.15, 0.2) is 9.98 Å². The SMILES string of the molecule is CC(C)C1=NCCC1.CC(C)C1=NCCC1.[CH3-]. The highest BCUT2D eigenvalue weighted by Gasteiger charge is 2.09. The van der Waals surface area contributed by atoms with Gasteiger partial charge in [0.2, 0.25) is 0 Å². The molecule has 0 aliphatic carbocycles. The van der Waals surface area contributed by atoms with Crippen molar-refractivity contribution in [3.8, 4) is 0 Å². The lowest BCUT2D eigenvalue weighted by Crippen LogP contribution is -2.01. The molecule has 0 N–H and O–H groups in total. The van der Waals surface area contributed by atoms with Gasteiger partial charge < -0.3 is 7.43 Å². The van der Waals surface area contributed by atoms with Crippen LogP contribution in [0.3, 0.4) is 0 Å². The van der Waals surface area contributed by atoms with Gasteiger partial charge in [0.25, 0.3) is 0 Å². The zero-order chi connectivity index (χ0) is 12.0. The van der Waals surface area contributed by atoms with Gasteiger partial charge in [-0.15, -0.1) is 0 Å². The molecule has 0 atom stereocenters. The summed E-state index contributed by atoms with van der Waals surface area (Å²) in [5, 5.41) is 0. The van der Waals surface area contributed by atoms with Gasteiger partial charge in [-0.05, 0) is 37.5 Å². The number of nitrogens with zero attached hydrogens (tertiary/aromatic N) is 2. The summed E-state index contributed by atoms with van der Waals surface area (Å²) < 4.78 is 0. The molecule has 0 bridgehead atoms. The van der Waals surface area contributed by atoms with Crippen LogP contribution < -0.4 is 0 Å². The molecule has 2 heterocycles. The first kappa shape index (κ1) is 16.3. The minimum Gasteiger partial charge on any atom is -0.358 e. The van der Waals surface area contributed by atoms with Crippen molar-refractivity contribution in [3.05, 3.63) is 7.43 Å². The molecule has 2 aliphatic rings. The van der Waals surface area contributed by atoms with Gasteiger partial charge in [-0.25, -0.2) is 0 Å². The number of rotatable bonds is 2. The summed E-state index contributed by atoms with van der Waals surface area (Å²) in [5.41, 5.74) is 2.84. The van der Waals surface area contributed by atoms with Crippen LogP contribution in [0, 0.1) is 19.3 Å². The summed E-state index contributed by atoms with van der Waals surface area (Å²) >= 11 is 0. The fourth-order valence-electron chi connectivity index (χ4n) is 2.07. The minimum absolute atomic E-state index is 0. The van der Waals surface area contributed by atoms with E-state index in [1.54, 1.807) is 0 Å². The highest BCUT2D eigenvalue weighted by Crippen LogP contribution is 2.11. The fourth-order valence-corrected chi connectivity index (χ4v) is 2.07. The Bertz CT molecular complexity index is 234. The molecule has 0 saturated carbocycles. The molecular formula is C15H29N2-. The zero-order valence-electron chi connectivity index (χ0n) is 12.3. The maximum atomic E-state index is 4.35. The molecule has 0 aromatic rings. The van der Waals surface area contributed by atoms with Gasteiger partial charge in [-0.2, -0.15) is 0 Å². The Hall–Kier alpha value is -0.660. The van der Waals surface area contributed by atoms with E-state index >= 15 is 0 Å². The Morgan fingerprint density at radius 3 is 1.24 bits per heavy atom. The Labute approximate surface area is 108 Å². The van der Waals surface area contributed by atoms with Crippen LogP contribution in [0.1, 0.15) is 53.4 Å². The van der Waals surface area contributed by atoms with Gasteiger partial charge in [0.1, 0.15) is 0 Å². The van der Waals surface area contributed by atoms with E-state index < -0.39 is 0 Å². The molecular weight excluding hydrogens is 208 g/mol. The molecule has 0 fully saturated rings. The van der Waals surface area contributed by atoms with Gasteiger partial charge in [0.05, 0.1) is 0 Å². The summed E-state index contributed by atoms with van der Waals surface area (Å²) in [5.74, 6) is 1.38.